The van der Waals surface area contributed by atoms with Crippen LogP contribution < -0.4 is 4.90 Å². The van der Waals surface area contributed by atoms with Gasteiger partial charge in [-0.3, -0.25) is 9.69 Å². The van der Waals surface area contributed by atoms with Crippen LogP contribution in [0.25, 0.3) is 0 Å². The lowest BCUT2D eigenvalue weighted by Gasteiger charge is -2.38. The summed E-state index contributed by atoms with van der Waals surface area (Å²) >= 11 is 1.15. The Morgan fingerprint density at radius 1 is 1.22 bits per heavy atom. The van der Waals surface area contributed by atoms with Gasteiger partial charge < -0.3 is 19.8 Å². The van der Waals surface area contributed by atoms with Crippen molar-refractivity contribution >= 4 is 28.5 Å². The van der Waals surface area contributed by atoms with E-state index in [1.807, 2.05) is 13.0 Å². The molecule has 3 aliphatic rings. The minimum absolute atomic E-state index is 0.0949. The molecular weight excluding hydrogens is 432 g/mol. The fraction of sp³-hybridized carbons (Fsp3) is 0.545. The smallest absolute Gasteiger partial charge is 0.338 e. The van der Waals surface area contributed by atoms with Crippen molar-refractivity contribution in [3.8, 4) is 0 Å². The molecule has 2 N–H and O–H groups in total. The lowest BCUT2D eigenvalue weighted by Crippen LogP contribution is -2.45. The Morgan fingerprint density at radius 3 is 2.69 bits per heavy atom. The number of amides is 1. The molecular formula is C22H26N4O5S. The zero-order chi connectivity index (χ0) is 22.5. The first-order valence-corrected chi connectivity index (χ1v) is 11.6. The molecule has 0 saturated carbocycles. The monoisotopic (exact) mass is 458 g/mol. The minimum atomic E-state index is -0.667. The predicted molar refractivity (Wildman–Crippen MR) is 116 cm³/mol. The summed E-state index contributed by atoms with van der Waals surface area (Å²) in [5, 5.41) is 20.6. The molecule has 2 saturated heterocycles. The van der Waals surface area contributed by atoms with Crippen molar-refractivity contribution in [1.29, 1.82) is 0 Å². The van der Waals surface area contributed by atoms with Crippen LogP contribution in [0.5, 0.6) is 0 Å². The number of piperidine rings is 1. The number of cyclic esters (lactones) is 1. The molecule has 1 atom stereocenters. The Hall–Kier alpha value is -2.40. The highest BCUT2D eigenvalue weighted by Crippen LogP contribution is 2.43. The van der Waals surface area contributed by atoms with Gasteiger partial charge in [-0.1, -0.05) is 6.07 Å². The number of aliphatic hydroxyl groups excluding tert-OH is 2. The molecule has 170 valence electrons. The number of esters is 1. The van der Waals surface area contributed by atoms with Crippen LogP contribution in [-0.2, 0) is 22.7 Å². The molecule has 10 heteroatoms. The van der Waals surface area contributed by atoms with E-state index in [-0.39, 0.29) is 30.5 Å². The normalized spacial score (nSPS) is 21.3. The number of carbonyl (C=O) groups is 2. The van der Waals surface area contributed by atoms with Crippen molar-refractivity contribution in [2.24, 2.45) is 5.41 Å². The molecule has 0 bridgehead atoms. The molecule has 0 radical (unpaired) electrons. The second kappa shape index (κ2) is 8.18. The molecule has 4 heterocycles. The maximum absolute atomic E-state index is 13.2. The molecule has 0 aliphatic carbocycles. The Morgan fingerprint density at radius 2 is 1.97 bits per heavy atom. The van der Waals surface area contributed by atoms with Crippen LogP contribution in [0.2, 0.25) is 0 Å². The summed E-state index contributed by atoms with van der Waals surface area (Å²) < 4.78 is 9.19. The van der Waals surface area contributed by atoms with Crippen molar-refractivity contribution in [1.82, 2.24) is 14.3 Å². The van der Waals surface area contributed by atoms with Crippen LogP contribution in [0.4, 0.5) is 5.13 Å². The Bertz CT molecular complexity index is 1060. The number of carbonyl (C=O) groups excluding carboxylic acids is 2. The molecule has 2 fully saturated rings. The number of β-amino-alcohol motifs (C(OH)–C–C–N with tert-alkyl or cyclic N) is 1. The quantitative estimate of drug-likeness (QED) is 0.649. The Balaban J connectivity index is 1.22. The van der Waals surface area contributed by atoms with Gasteiger partial charge in [0, 0.05) is 30.2 Å². The fourth-order valence-electron chi connectivity index (χ4n) is 5.12. The van der Waals surface area contributed by atoms with Gasteiger partial charge in [-0.2, -0.15) is 4.37 Å². The summed E-state index contributed by atoms with van der Waals surface area (Å²) in [4.78, 5) is 33.1. The first-order valence-electron chi connectivity index (χ1n) is 10.9. The van der Waals surface area contributed by atoms with Crippen molar-refractivity contribution in [3.63, 3.8) is 0 Å². The summed E-state index contributed by atoms with van der Waals surface area (Å²) in [6.07, 6.45) is 1.60. The summed E-state index contributed by atoms with van der Waals surface area (Å²) in [6, 6.07) is 3.56. The number of hydrogen-bond donors (Lipinski definition) is 2. The van der Waals surface area contributed by atoms with E-state index in [1.165, 1.54) is 0 Å². The third-order valence-electron chi connectivity index (χ3n) is 7.15. The van der Waals surface area contributed by atoms with Crippen LogP contribution >= 0.6 is 11.5 Å². The average Bonchev–Trinajstić information content (AvgIpc) is 3.49. The topological polar surface area (TPSA) is 116 Å². The first kappa shape index (κ1) is 21.4. The van der Waals surface area contributed by atoms with Crippen molar-refractivity contribution < 1.29 is 24.5 Å². The predicted octanol–water partition coefficient (Wildman–Crippen LogP) is 1.56. The second-order valence-corrected chi connectivity index (χ2v) is 9.57. The van der Waals surface area contributed by atoms with Crippen LogP contribution in [0.3, 0.4) is 0 Å². The van der Waals surface area contributed by atoms with E-state index in [2.05, 4.69) is 14.3 Å². The number of ether oxygens (including phenoxy) is 1. The van der Waals surface area contributed by atoms with Crippen molar-refractivity contribution in [2.45, 2.75) is 45.5 Å². The highest BCUT2D eigenvalue weighted by atomic mass is 32.1. The molecule has 9 nitrogen and oxygen atoms in total. The molecule has 1 amide bonds. The number of aromatic nitrogens is 2. The van der Waals surface area contributed by atoms with E-state index in [9.17, 15) is 19.8 Å². The Labute approximate surface area is 189 Å². The van der Waals surface area contributed by atoms with Gasteiger partial charge in [-0.05, 0) is 56.5 Å². The van der Waals surface area contributed by atoms with Crippen molar-refractivity contribution in [3.05, 3.63) is 40.2 Å². The number of benzene rings is 1. The van der Waals surface area contributed by atoms with Gasteiger partial charge in [0.2, 0.25) is 11.0 Å². The molecule has 1 aromatic heterocycles. The number of likely N-dealkylation sites (tertiary alicyclic amines) is 1. The van der Waals surface area contributed by atoms with Gasteiger partial charge in [-0.15, -0.1) is 0 Å². The molecule has 2 aromatic rings. The standard InChI is InChI=1S/C22H26N4O5S/c1-13-14(2-3-15-16(13)12-31-19(15)29)17(28)10-25-7-4-22(5-8-25)6-9-26(20(22)30)21-23-18(11-27)24-32-21/h2-3,17,27-28H,4-12H2,1H3. The number of nitrogens with zero attached hydrogens (tertiary/aromatic N) is 4. The van der Waals surface area contributed by atoms with E-state index in [0.29, 0.717) is 29.6 Å². The number of anilines is 1. The number of aliphatic hydroxyl groups is 2. The van der Waals surface area contributed by atoms with Crippen LogP contribution in [0.15, 0.2) is 12.1 Å². The molecule has 3 aliphatic heterocycles. The SMILES string of the molecule is Cc1c(C(O)CN2CCC3(CC2)CCN(c2nc(CO)ns2)C3=O)ccc2c1COC2=O. The summed E-state index contributed by atoms with van der Waals surface area (Å²) in [7, 11) is 0. The lowest BCUT2D eigenvalue weighted by atomic mass is 9.77. The van der Waals surface area contributed by atoms with Crippen molar-refractivity contribution in [2.75, 3.05) is 31.1 Å². The largest absolute Gasteiger partial charge is 0.457 e. The molecule has 1 aromatic carbocycles. The van der Waals surface area contributed by atoms with E-state index >= 15 is 0 Å². The average molecular weight is 459 g/mol. The van der Waals surface area contributed by atoms with E-state index in [1.54, 1.807) is 11.0 Å². The van der Waals surface area contributed by atoms with E-state index in [0.717, 1.165) is 60.6 Å². The molecule has 32 heavy (non-hydrogen) atoms. The zero-order valence-corrected chi connectivity index (χ0v) is 18.7. The third kappa shape index (κ3) is 3.51. The van der Waals surface area contributed by atoms with Crippen LogP contribution in [0.1, 0.15) is 58.2 Å². The molecule has 1 unspecified atom stereocenters. The van der Waals surface area contributed by atoms with Gasteiger partial charge in [0.25, 0.3) is 0 Å². The molecule has 1 spiro atoms. The van der Waals surface area contributed by atoms with E-state index < -0.39 is 6.10 Å². The van der Waals surface area contributed by atoms with Crippen LogP contribution in [-0.4, -0.2) is 62.5 Å². The highest BCUT2D eigenvalue weighted by molar-refractivity contribution is 7.09. The third-order valence-corrected chi connectivity index (χ3v) is 7.93. The maximum atomic E-state index is 13.2. The zero-order valence-electron chi connectivity index (χ0n) is 17.9. The van der Waals surface area contributed by atoms with Gasteiger partial charge in [0.15, 0.2) is 5.82 Å². The van der Waals surface area contributed by atoms with Gasteiger partial charge in [0.05, 0.1) is 17.1 Å². The highest BCUT2D eigenvalue weighted by Gasteiger charge is 2.49. The van der Waals surface area contributed by atoms with E-state index in [4.69, 9.17) is 4.74 Å². The van der Waals surface area contributed by atoms with Gasteiger partial charge in [-0.25, -0.2) is 9.78 Å². The number of hydrogen-bond acceptors (Lipinski definition) is 9. The summed E-state index contributed by atoms with van der Waals surface area (Å²) in [5.41, 5.74) is 2.80. The maximum Gasteiger partial charge on any atom is 0.338 e. The second-order valence-electron chi connectivity index (χ2n) is 8.84. The number of fused-ring (bicyclic) bond motifs is 1. The lowest BCUT2D eigenvalue weighted by molar-refractivity contribution is -0.128. The molecule has 5 rings (SSSR count). The number of rotatable bonds is 5. The van der Waals surface area contributed by atoms with Crippen LogP contribution in [0, 0.1) is 12.3 Å². The fourth-order valence-corrected chi connectivity index (χ4v) is 5.83. The summed E-state index contributed by atoms with van der Waals surface area (Å²) in [6.45, 7) is 4.54. The van der Waals surface area contributed by atoms with Gasteiger partial charge >= 0.3 is 5.97 Å². The summed E-state index contributed by atoms with van der Waals surface area (Å²) in [5.74, 6) is 0.139. The first-order chi connectivity index (χ1) is 15.4. The Kier molecular flexibility index (Phi) is 5.48. The van der Waals surface area contributed by atoms with Gasteiger partial charge in [0.1, 0.15) is 13.2 Å². The minimum Gasteiger partial charge on any atom is -0.457 e.